The molecule has 0 fully saturated rings. The van der Waals surface area contributed by atoms with E-state index in [-0.39, 0.29) is 23.6 Å². The van der Waals surface area contributed by atoms with Crippen LogP contribution in [0.4, 0.5) is 0 Å². The molecule has 0 spiro atoms. The van der Waals surface area contributed by atoms with Gasteiger partial charge in [-0.05, 0) is 17.5 Å². The van der Waals surface area contributed by atoms with Gasteiger partial charge in [0.2, 0.25) is 5.78 Å². The minimum absolute atomic E-state index is 0.207. The van der Waals surface area contributed by atoms with E-state index >= 15 is 0 Å². The fraction of sp³-hybridized carbons (Fsp3) is 0.0500. The quantitative estimate of drug-likeness (QED) is 0.531. The van der Waals surface area contributed by atoms with Crippen LogP contribution in [0, 0.1) is 0 Å². The lowest BCUT2D eigenvalue weighted by Crippen LogP contribution is -2.10. The Bertz CT molecular complexity index is 1180. The number of benzene rings is 2. The van der Waals surface area contributed by atoms with Gasteiger partial charge in [0, 0.05) is 22.5 Å². The normalized spacial score (nSPS) is 11.1. The van der Waals surface area contributed by atoms with Crippen LogP contribution in [0.2, 0.25) is 5.02 Å². The summed E-state index contributed by atoms with van der Waals surface area (Å²) in [5.74, 6) is -1.38. The molecular weight excluding hydrogens is 352 g/mol. The predicted molar refractivity (Wildman–Crippen MR) is 99.8 cm³/mol. The highest BCUT2D eigenvalue weighted by molar-refractivity contribution is 6.35. The molecule has 26 heavy (non-hydrogen) atoms. The van der Waals surface area contributed by atoms with Crippen LogP contribution in [0.15, 0.2) is 54.7 Å². The summed E-state index contributed by atoms with van der Waals surface area (Å²) in [7, 11) is 0. The van der Waals surface area contributed by atoms with Gasteiger partial charge < -0.3 is 10.1 Å². The third-order valence-corrected chi connectivity index (χ3v) is 4.62. The molecule has 0 aliphatic heterocycles. The second-order valence-corrected chi connectivity index (χ2v) is 6.36. The summed E-state index contributed by atoms with van der Waals surface area (Å²) in [4.78, 5) is 31.6. The number of nitrogens with zero attached hydrogens (tertiary/aromatic N) is 1. The van der Waals surface area contributed by atoms with Crippen LogP contribution in [0.3, 0.4) is 0 Å². The van der Waals surface area contributed by atoms with Crippen molar-refractivity contribution < 1.29 is 14.7 Å². The Morgan fingerprint density at radius 3 is 2.62 bits per heavy atom. The molecule has 0 radical (unpaired) electrons. The molecule has 0 atom stereocenters. The Morgan fingerprint density at radius 2 is 1.85 bits per heavy atom. The second-order valence-electron chi connectivity index (χ2n) is 5.96. The maximum absolute atomic E-state index is 13.0. The predicted octanol–water partition coefficient (Wildman–Crippen LogP) is 4.23. The number of rotatable bonds is 4. The number of para-hydroxylation sites is 1. The first-order chi connectivity index (χ1) is 12.5. The van der Waals surface area contributed by atoms with Gasteiger partial charge in [-0.1, -0.05) is 48.0 Å². The molecule has 0 aliphatic carbocycles. The third kappa shape index (κ3) is 2.72. The van der Waals surface area contributed by atoms with Crippen molar-refractivity contribution in [3.8, 4) is 0 Å². The Labute approximate surface area is 153 Å². The van der Waals surface area contributed by atoms with Gasteiger partial charge in [0.25, 0.3) is 0 Å². The first kappa shape index (κ1) is 16.3. The van der Waals surface area contributed by atoms with E-state index in [1.54, 1.807) is 30.5 Å². The van der Waals surface area contributed by atoms with Crippen molar-refractivity contribution in [1.29, 1.82) is 0 Å². The van der Waals surface area contributed by atoms with Gasteiger partial charge in [-0.2, -0.15) is 0 Å². The minimum Gasteiger partial charge on any atom is -0.481 e. The van der Waals surface area contributed by atoms with E-state index in [0.717, 1.165) is 10.8 Å². The molecule has 4 rings (SSSR count). The maximum atomic E-state index is 13.0. The fourth-order valence-corrected chi connectivity index (χ4v) is 3.32. The van der Waals surface area contributed by atoms with Gasteiger partial charge in [0.05, 0.1) is 22.7 Å². The number of hydrogen-bond donors (Lipinski definition) is 2. The zero-order valence-electron chi connectivity index (χ0n) is 13.5. The molecule has 0 amide bonds. The van der Waals surface area contributed by atoms with E-state index in [1.165, 1.54) is 0 Å². The summed E-state index contributed by atoms with van der Waals surface area (Å²) in [6, 6.07) is 14.5. The number of H-pyrrole nitrogens is 1. The fourth-order valence-electron chi connectivity index (χ4n) is 3.10. The standard InChI is InChI=1S/C20H13ClN2O3/c21-15-7-3-6-13-14(9-17(24)25)19(23-18(13)15)20(26)16-8-11-4-1-2-5-12(11)10-22-16/h1-8,10,23H,9H2,(H,24,25). The summed E-state index contributed by atoms with van der Waals surface area (Å²) in [6.07, 6.45) is 1.35. The van der Waals surface area contributed by atoms with Crippen LogP contribution >= 0.6 is 11.6 Å². The lowest BCUT2D eigenvalue weighted by Gasteiger charge is -2.04. The van der Waals surface area contributed by atoms with Crippen molar-refractivity contribution in [1.82, 2.24) is 9.97 Å². The van der Waals surface area contributed by atoms with Crippen LogP contribution in [-0.4, -0.2) is 26.8 Å². The number of carbonyl (C=O) groups excluding carboxylic acids is 1. The lowest BCUT2D eigenvalue weighted by atomic mass is 10.0. The third-order valence-electron chi connectivity index (χ3n) is 4.31. The number of nitrogens with one attached hydrogen (secondary N) is 1. The highest BCUT2D eigenvalue weighted by atomic mass is 35.5. The van der Waals surface area contributed by atoms with Crippen LogP contribution in [0.1, 0.15) is 21.7 Å². The number of hydrogen-bond acceptors (Lipinski definition) is 3. The van der Waals surface area contributed by atoms with Crippen LogP contribution in [0.5, 0.6) is 0 Å². The first-order valence-corrected chi connectivity index (χ1v) is 8.33. The van der Waals surface area contributed by atoms with E-state index in [2.05, 4.69) is 9.97 Å². The summed E-state index contributed by atoms with van der Waals surface area (Å²) >= 11 is 6.20. The van der Waals surface area contributed by atoms with E-state index in [9.17, 15) is 14.7 Å². The van der Waals surface area contributed by atoms with Crippen molar-refractivity contribution in [2.45, 2.75) is 6.42 Å². The van der Waals surface area contributed by atoms with Crippen LogP contribution < -0.4 is 0 Å². The molecule has 4 aromatic rings. The van der Waals surface area contributed by atoms with Gasteiger partial charge >= 0.3 is 5.97 Å². The number of fused-ring (bicyclic) bond motifs is 2. The number of pyridine rings is 1. The minimum atomic E-state index is -1.02. The van der Waals surface area contributed by atoms with Gasteiger partial charge in [0.15, 0.2) is 0 Å². The molecule has 0 unspecified atom stereocenters. The number of carboxylic acid groups (broad SMARTS) is 1. The summed E-state index contributed by atoms with van der Waals surface area (Å²) < 4.78 is 0. The second kappa shape index (κ2) is 6.28. The molecular formula is C20H13ClN2O3. The van der Waals surface area contributed by atoms with Gasteiger partial charge in [0.1, 0.15) is 5.69 Å². The number of aromatic nitrogens is 2. The molecule has 2 N–H and O–H groups in total. The number of ketones is 1. The van der Waals surface area contributed by atoms with Gasteiger partial charge in [-0.25, -0.2) is 0 Å². The Kier molecular flexibility index (Phi) is 3.93. The van der Waals surface area contributed by atoms with Crippen molar-refractivity contribution in [2.75, 3.05) is 0 Å². The molecule has 0 bridgehead atoms. The van der Waals surface area contributed by atoms with E-state index in [1.807, 2.05) is 24.3 Å². The number of halogens is 1. The largest absolute Gasteiger partial charge is 0.481 e. The maximum Gasteiger partial charge on any atom is 0.307 e. The van der Waals surface area contributed by atoms with Crippen molar-refractivity contribution in [3.63, 3.8) is 0 Å². The number of carbonyl (C=O) groups is 2. The van der Waals surface area contributed by atoms with E-state index in [4.69, 9.17) is 11.6 Å². The molecule has 2 heterocycles. The number of aromatic amines is 1. The molecule has 2 aromatic carbocycles. The highest BCUT2D eigenvalue weighted by Gasteiger charge is 2.22. The number of carboxylic acids is 1. The average molecular weight is 365 g/mol. The smallest absolute Gasteiger partial charge is 0.307 e. The molecule has 2 aromatic heterocycles. The van der Waals surface area contributed by atoms with E-state index < -0.39 is 5.97 Å². The summed E-state index contributed by atoms with van der Waals surface area (Å²) in [6.45, 7) is 0. The van der Waals surface area contributed by atoms with Crippen molar-refractivity contribution >= 4 is 45.0 Å². The van der Waals surface area contributed by atoms with Crippen molar-refractivity contribution in [3.05, 3.63) is 76.7 Å². The Hall–Kier alpha value is -3.18. The SMILES string of the molecule is O=C(O)Cc1c(C(=O)c2cc3ccccc3cn2)[nH]c2c(Cl)cccc12. The Balaban J connectivity index is 1.90. The molecule has 6 heteroatoms. The van der Waals surface area contributed by atoms with E-state index in [0.29, 0.717) is 21.5 Å². The first-order valence-electron chi connectivity index (χ1n) is 7.95. The average Bonchev–Trinajstić information content (AvgIpc) is 3.00. The summed E-state index contributed by atoms with van der Waals surface area (Å²) in [5, 5.41) is 12.1. The van der Waals surface area contributed by atoms with Crippen LogP contribution in [-0.2, 0) is 11.2 Å². The zero-order chi connectivity index (χ0) is 18.3. The molecule has 0 saturated heterocycles. The van der Waals surface area contributed by atoms with Crippen molar-refractivity contribution in [2.24, 2.45) is 0 Å². The molecule has 0 aliphatic rings. The van der Waals surface area contributed by atoms with Gasteiger partial charge in [-0.15, -0.1) is 0 Å². The molecule has 5 nitrogen and oxygen atoms in total. The van der Waals surface area contributed by atoms with Crippen LogP contribution in [0.25, 0.3) is 21.7 Å². The monoisotopic (exact) mass is 364 g/mol. The lowest BCUT2D eigenvalue weighted by molar-refractivity contribution is -0.136. The Morgan fingerprint density at radius 1 is 1.08 bits per heavy atom. The summed E-state index contributed by atoms with van der Waals surface area (Å²) in [5.41, 5.74) is 1.42. The molecule has 128 valence electrons. The number of aliphatic carboxylic acids is 1. The zero-order valence-corrected chi connectivity index (χ0v) is 14.2. The topological polar surface area (TPSA) is 83.0 Å². The van der Waals surface area contributed by atoms with Gasteiger partial charge in [-0.3, -0.25) is 14.6 Å². The highest BCUT2D eigenvalue weighted by Crippen LogP contribution is 2.30. The molecule has 0 saturated carbocycles.